The summed E-state index contributed by atoms with van der Waals surface area (Å²) in [6.07, 6.45) is 1.95. The smallest absolute Gasteiger partial charge is 0.323 e. The Bertz CT molecular complexity index is 349. The van der Waals surface area contributed by atoms with E-state index in [1.54, 1.807) is 7.11 Å². The van der Waals surface area contributed by atoms with Crippen LogP contribution >= 0.6 is 0 Å². The summed E-state index contributed by atoms with van der Waals surface area (Å²) >= 11 is 0. The Labute approximate surface area is 106 Å². The zero-order valence-electron chi connectivity index (χ0n) is 10.8. The Hall–Kier alpha value is -1.67. The predicted octanol–water partition coefficient (Wildman–Crippen LogP) is 0.394. The molecule has 8 nitrogen and oxygen atoms in total. The third-order valence-corrected chi connectivity index (χ3v) is 2.08. The molecular weight excluding hydrogens is 236 g/mol. The number of nitrogens with one attached hydrogen (secondary N) is 2. The summed E-state index contributed by atoms with van der Waals surface area (Å²) in [7, 11) is 1.69. The molecular formula is C10H20N6O2. The summed E-state index contributed by atoms with van der Waals surface area (Å²) in [5, 5.41) is 3.08. The second kappa shape index (κ2) is 8.43. The third kappa shape index (κ3) is 5.11. The van der Waals surface area contributed by atoms with Crippen molar-refractivity contribution in [3.63, 3.8) is 0 Å². The number of anilines is 2. The summed E-state index contributed by atoms with van der Waals surface area (Å²) in [6, 6.07) is 0.250. The number of unbranched alkanes of at least 4 members (excludes halogenated alkanes) is 1. The molecule has 0 aliphatic heterocycles. The van der Waals surface area contributed by atoms with Crippen LogP contribution in [0.25, 0.3) is 0 Å². The first-order valence-electron chi connectivity index (χ1n) is 5.88. The van der Waals surface area contributed by atoms with Crippen LogP contribution in [0.3, 0.4) is 0 Å². The van der Waals surface area contributed by atoms with Crippen LogP contribution in [-0.4, -0.2) is 41.8 Å². The SMILES string of the molecule is CCOc1nc(NN)nc(NCCCCOC)n1. The number of nitrogens with zero attached hydrogens (tertiary/aromatic N) is 3. The van der Waals surface area contributed by atoms with Gasteiger partial charge in [-0.25, -0.2) is 5.84 Å². The van der Waals surface area contributed by atoms with E-state index in [9.17, 15) is 0 Å². The van der Waals surface area contributed by atoms with Crippen LogP contribution in [0.15, 0.2) is 0 Å². The van der Waals surface area contributed by atoms with Crippen molar-refractivity contribution in [1.82, 2.24) is 15.0 Å². The van der Waals surface area contributed by atoms with Crippen LogP contribution in [0.4, 0.5) is 11.9 Å². The maximum atomic E-state index is 5.28. The van der Waals surface area contributed by atoms with Gasteiger partial charge in [0.2, 0.25) is 11.9 Å². The molecule has 0 amide bonds. The highest BCUT2D eigenvalue weighted by Crippen LogP contribution is 2.10. The summed E-state index contributed by atoms with van der Waals surface area (Å²) in [5.41, 5.74) is 2.37. The number of hydrazine groups is 1. The van der Waals surface area contributed by atoms with Gasteiger partial charge < -0.3 is 14.8 Å². The highest BCUT2D eigenvalue weighted by Gasteiger charge is 2.05. The molecule has 18 heavy (non-hydrogen) atoms. The second-order valence-corrected chi connectivity index (χ2v) is 3.47. The fourth-order valence-corrected chi connectivity index (χ4v) is 1.27. The van der Waals surface area contributed by atoms with Gasteiger partial charge in [-0.3, -0.25) is 5.43 Å². The summed E-state index contributed by atoms with van der Waals surface area (Å²) in [4.78, 5) is 12.1. The number of aromatic nitrogens is 3. The van der Waals surface area contributed by atoms with Gasteiger partial charge in [-0.1, -0.05) is 0 Å². The van der Waals surface area contributed by atoms with E-state index in [1.165, 1.54) is 0 Å². The molecule has 0 unspecified atom stereocenters. The van der Waals surface area contributed by atoms with Crippen LogP contribution in [-0.2, 0) is 4.74 Å². The largest absolute Gasteiger partial charge is 0.464 e. The molecule has 0 fully saturated rings. The number of ether oxygens (including phenoxy) is 2. The van der Waals surface area contributed by atoms with Crippen molar-refractivity contribution in [3.8, 4) is 6.01 Å². The van der Waals surface area contributed by atoms with Crippen LogP contribution in [0, 0.1) is 0 Å². The van der Waals surface area contributed by atoms with Crippen LogP contribution in [0.2, 0.25) is 0 Å². The standard InChI is InChI=1S/C10H20N6O2/c1-3-18-10-14-8(13-9(15-10)16-11)12-6-4-5-7-17-2/h3-7,11H2,1-2H3,(H2,12,13,14,15,16). The fraction of sp³-hybridized carbons (Fsp3) is 0.700. The third-order valence-electron chi connectivity index (χ3n) is 2.08. The van der Waals surface area contributed by atoms with Crippen molar-refractivity contribution < 1.29 is 9.47 Å². The molecule has 8 heteroatoms. The van der Waals surface area contributed by atoms with Gasteiger partial charge in [0, 0.05) is 20.3 Å². The maximum Gasteiger partial charge on any atom is 0.323 e. The molecule has 0 atom stereocenters. The topological polar surface area (TPSA) is 107 Å². The van der Waals surface area contributed by atoms with Crippen LogP contribution in [0.5, 0.6) is 6.01 Å². The Morgan fingerprint density at radius 3 is 2.61 bits per heavy atom. The van der Waals surface area contributed by atoms with E-state index in [2.05, 4.69) is 25.7 Å². The molecule has 102 valence electrons. The van der Waals surface area contributed by atoms with E-state index in [1.807, 2.05) is 6.92 Å². The summed E-state index contributed by atoms with van der Waals surface area (Å²) in [5.74, 6) is 5.99. The van der Waals surface area contributed by atoms with E-state index < -0.39 is 0 Å². The molecule has 0 aliphatic rings. The first-order valence-corrected chi connectivity index (χ1v) is 5.88. The second-order valence-electron chi connectivity index (χ2n) is 3.47. The van der Waals surface area contributed by atoms with Crippen molar-refractivity contribution in [2.75, 3.05) is 37.6 Å². The van der Waals surface area contributed by atoms with E-state index in [0.29, 0.717) is 12.6 Å². The molecule has 0 bridgehead atoms. The molecule has 0 saturated heterocycles. The molecule has 0 saturated carbocycles. The normalized spacial score (nSPS) is 10.2. The fourth-order valence-electron chi connectivity index (χ4n) is 1.27. The maximum absolute atomic E-state index is 5.28. The van der Waals surface area contributed by atoms with Crippen molar-refractivity contribution >= 4 is 11.9 Å². The number of rotatable bonds is 9. The van der Waals surface area contributed by atoms with Gasteiger partial charge in [-0.2, -0.15) is 15.0 Å². The number of hydrogen-bond donors (Lipinski definition) is 3. The zero-order valence-corrected chi connectivity index (χ0v) is 10.8. The molecule has 0 aromatic carbocycles. The Kier molecular flexibility index (Phi) is 6.74. The van der Waals surface area contributed by atoms with Gasteiger partial charge in [-0.05, 0) is 19.8 Å². The Morgan fingerprint density at radius 1 is 1.17 bits per heavy atom. The highest BCUT2D eigenvalue weighted by atomic mass is 16.5. The van der Waals surface area contributed by atoms with Crippen LogP contribution in [0.1, 0.15) is 19.8 Å². The lowest BCUT2D eigenvalue weighted by atomic mass is 10.3. The molecule has 1 aromatic rings. The molecule has 0 spiro atoms. The van der Waals surface area contributed by atoms with Crippen molar-refractivity contribution in [2.45, 2.75) is 19.8 Å². The molecule has 0 aliphatic carbocycles. The Balaban J connectivity index is 2.50. The lowest BCUT2D eigenvalue weighted by Gasteiger charge is -2.08. The Morgan fingerprint density at radius 2 is 1.94 bits per heavy atom. The minimum atomic E-state index is 0.250. The molecule has 1 rings (SSSR count). The van der Waals surface area contributed by atoms with E-state index in [-0.39, 0.29) is 12.0 Å². The lowest BCUT2D eigenvalue weighted by molar-refractivity contribution is 0.193. The lowest BCUT2D eigenvalue weighted by Crippen LogP contribution is -2.15. The van der Waals surface area contributed by atoms with Gasteiger partial charge in [0.15, 0.2) is 0 Å². The molecule has 1 heterocycles. The quantitative estimate of drug-likeness (QED) is 0.331. The van der Waals surface area contributed by atoms with Gasteiger partial charge in [-0.15, -0.1) is 0 Å². The number of hydrogen-bond acceptors (Lipinski definition) is 8. The highest BCUT2D eigenvalue weighted by molar-refractivity contribution is 5.34. The van der Waals surface area contributed by atoms with Crippen LogP contribution < -0.4 is 21.3 Å². The zero-order chi connectivity index (χ0) is 13.2. The average Bonchev–Trinajstić information content (AvgIpc) is 2.38. The summed E-state index contributed by atoms with van der Waals surface area (Å²) < 4.78 is 10.2. The van der Waals surface area contributed by atoms with E-state index in [0.717, 1.165) is 26.0 Å². The first kappa shape index (κ1) is 14.4. The molecule has 1 aromatic heterocycles. The predicted molar refractivity (Wildman–Crippen MR) is 68.4 cm³/mol. The van der Waals surface area contributed by atoms with Crippen molar-refractivity contribution in [1.29, 1.82) is 0 Å². The summed E-state index contributed by atoms with van der Waals surface area (Å²) in [6.45, 7) is 3.85. The first-order chi connectivity index (χ1) is 8.80. The molecule has 4 N–H and O–H groups in total. The van der Waals surface area contributed by atoms with E-state index >= 15 is 0 Å². The average molecular weight is 256 g/mol. The minimum absolute atomic E-state index is 0.250. The van der Waals surface area contributed by atoms with Gasteiger partial charge in [0.25, 0.3) is 0 Å². The molecule has 0 radical (unpaired) electrons. The number of nitrogens with two attached hydrogens (primary N) is 1. The van der Waals surface area contributed by atoms with Gasteiger partial charge in [0.1, 0.15) is 0 Å². The van der Waals surface area contributed by atoms with Gasteiger partial charge >= 0.3 is 6.01 Å². The van der Waals surface area contributed by atoms with Crippen molar-refractivity contribution in [3.05, 3.63) is 0 Å². The van der Waals surface area contributed by atoms with Crippen molar-refractivity contribution in [2.24, 2.45) is 5.84 Å². The number of methoxy groups -OCH3 is 1. The minimum Gasteiger partial charge on any atom is -0.464 e. The van der Waals surface area contributed by atoms with E-state index in [4.69, 9.17) is 15.3 Å². The number of nitrogen functional groups attached to an aromatic ring is 1. The monoisotopic (exact) mass is 256 g/mol. The van der Waals surface area contributed by atoms with Gasteiger partial charge in [0.05, 0.1) is 6.61 Å².